The number of hydrogen-bond donors (Lipinski definition) is 2. The molecule has 45 heavy (non-hydrogen) atoms. The molecule has 4 aromatic rings. The predicted octanol–water partition coefficient (Wildman–Crippen LogP) is 7.53. The number of aliphatic hydroxyl groups is 1. The summed E-state index contributed by atoms with van der Waals surface area (Å²) >= 11 is 12.5. The van der Waals surface area contributed by atoms with Crippen LogP contribution in [-0.4, -0.2) is 57.6 Å². The predicted molar refractivity (Wildman–Crippen MR) is 162 cm³/mol. The lowest BCUT2D eigenvalue weighted by atomic mass is 9.60. The first-order valence-electron chi connectivity index (χ1n) is 14.2. The Labute approximate surface area is 265 Å². The number of rotatable bonds is 8. The number of benzene rings is 1. The average molecular weight is 663 g/mol. The molecule has 0 atom stereocenters. The molecule has 6 rings (SSSR count). The molecule has 14 heteroatoms. The van der Waals surface area contributed by atoms with Crippen LogP contribution in [0.5, 0.6) is 5.75 Å². The highest BCUT2D eigenvalue weighted by Gasteiger charge is 2.45. The van der Waals surface area contributed by atoms with E-state index in [1.807, 2.05) is 12.1 Å². The number of hydrogen-bond acceptors (Lipinski definition) is 8. The van der Waals surface area contributed by atoms with Gasteiger partial charge >= 0.3 is 12.1 Å². The third kappa shape index (κ3) is 6.18. The summed E-state index contributed by atoms with van der Waals surface area (Å²) in [4.78, 5) is 21.9. The van der Waals surface area contributed by atoms with Crippen LogP contribution in [0, 0.1) is 5.41 Å². The molecule has 1 saturated carbocycles. The molecule has 4 heterocycles. The third-order valence-electron chi connectivity index (χ3n) is 8.35. The van der Waals surface area contributed by atoms with Gasteiger partial charge in [-0.1, -0.05) is 33.9 Å². The van der Waals surface area contributed by atoms with E-state index in [0.717, 1.165) is 37.2 Å². The molecule has 0 bridgehead atoms. The van der Waals surface area contributed by atoms with Crippen molar-refractivity contribution in [1.82, 2.24) is 15.1 Å². The first-order valence-corrected chi connectivity index (χ1v) is 15.0. The van der Waals surface area contributed by atoms with Crippen LogP contribution in [0.15, 0.2) is 46.8 Å². The van der Waals surface area contributed by atoms with E-state index < -0.39 is 17.9 Å². The number of aromatic carboxylic acids is 1. The molecule has 0 radical (unpaired) electrons. The molecule has 0 amide bonds. The molecule has 9 nitrogen and oxygen atoms in total. The lowest BCUT2D eigenvalue weighted by Crippen LogP contribution is -2.44. The second kappa shape index (κ2) is 12.1. The van der Waals surface area contributed by atoms with Gasteiger partial charge in [0.25, 0.3) is 0 Å². The molecular formula is C31H27Cl2F3N4O5. The first-order chi connectivity index (χ1) is 21.5. The largest absolute Gasteiger partial charge is 0.493 e. The van der Waals surface area contributed by atoms with E-state index in [0.29, 0.717) is 35.9 Å². The number of alkyl halides is 3. The van der Waals surface area contributed by atoms with Crippen LogP contribution >= 0.6 is 23.2 Å². The molecule has 236 valence electrons. The lowest BCUT2D eigenvalue weighted by Gasteiger charge is -2.50. The smallest absolute Gasteiger partial charge is 0.453 e. The van der Waals surface area contributed by atoms with Gasteiger partial charge in [-0.3, -0.25) is 4.98 Å². The summed E-state index contributed by atoms with van der Waals surface area (Å²) in [6, 6.07) is 6.97. The summed E-state index contributed by atoms with van der Waals surface area (Å²) in [7, 11) is 0. The highest BCUT2D eigenvalue weighted by Crippen LogP contribution is 2.54. The van der Waals surface area contributed by atoms with Crippen LogP contribution in [0.1, 0.15) is 53.9 Å². The maximum Gasteiger partial charge on any atom is 0.453 e. The maximum absolute atomic E-state index is 13.9. The molecular weight excluding hydrogens is 636 g/mol. The zero-order valence-corrected chi connectivity index (χ0v) is 25.2. The Morgan fingerprint density at radius 1 is 1.13 bits per heavy atom. The Hall–Kier alpha value is -3.87. The molecule has 1 saturated heterocycles. The van der Waals surface area contributed by atoms with Crippen molar-refractivity contribution in [1.29, 1.82) is 0 Å². The third-order valence-corrected chi connectivity index (χ3v) is 8.92. The van der Waals surface area contributed by atoms with Gasteiger partial charge in [0.05, 0.1) is 27.7 Å². The van der Waals surface area contributed by atoms with Crippen molar-refractivity contribution in [2.75, 3.05) is 31.2 Å². The molecule has 2 aliphatic rings. The quantitative estimate of drug-likeness (QED) is 0.184. The van der Waals surface area contributed by atoms with Crippen LogP contribution in [0.4, 0.5) is 18.9 Å². The van der Waals surface area contributed by atoms with Crippen molar-refractivity contribution in [2.24, 2.45) is 5.41 Å². The van der Waals surface area contributed by atoms with E-state index >= 15 is 0 Å². The van der Waals surface area contributed by atoms with Gasteiger partial charge in [-0.2, -0.15) is 13.2 Å². The van der Waals surface area contributed by atoms with E-state index in [9.17, 15) is 23.1 Å². The minimum atomic E-state index is -4.76. The highest BCUT2D eigenvalue weighted by molar-refractivity contribution is 6.39. The zero-order valence-electron chi connectivity index (χ0n) is 23.7. The van der Waals surface area contributed by atoms with Crippen molar-refractivity contribution in [3.8, 4) is 17.0 Å². The second-order valence-electron chi connectivity index (χ2n) is 11.3. The lowest BCUT2D eigenvalue weighted by molar-refractivity contribution is -0.155. The van der Waals surface area contributed by atoms with Crippen LogP contribution in [0.25, 0.3) is 28.2 Å². The molecule has 1 aromatic carbocycles. The number of nitrogens with zero attached hydrogens (tertiary/aromatic N) is 4. The minimum absolute atomic E-state index is 0.0304. The molecule has 1 aliphatic heterocycles. The molecule has 1 spiro atoms. The van der Waals surface area contributed by atoms with E-state index in [1.165, 1.54) is 24.5 Å². The number of anilines is 1. The van der Waals surface area contributed by atoms with Crippen molar-refractivity contribution in [2.45, 2.75) is 38.3 Å². The van der Waals surface area contributed by atoms with Crippen molar-refractivity contribution >= 4 is 51.8 Å². The average Bonchev–Trinajstić information content (AvgIpc) is 3.40. The molecule has 2 fully saturated rings. The van der Waals surface area contributed by atoms with Gasteiger partial charge in [0.15, 0.2) is 5.69 Å². The summed E-state index contributed by atoms with van der Waals surface area (Å²) in [5.41, 5.74) is 1.97. The fourth-order valence-corrected chi connectivity index (χ4v) is 6.66. The summed E-state index contributed by atoms with van der Waals surface area (Å²) in [5.74, 6) is -1.98. The first kappa shape index (κ1) is 31.1. The van der Waals surface area contributed by atoms with Crippen LogP contribution in [0.2, 0.25) is 10.0 Å². The Kier molecular flexibility index (Phi) is 8.40. The van der Waals surface area contributed by atoms with E-state index in [1.54, 1.807) is 6.07 Å². The molecule has 3 aromatic heterocycles. The fourth-order valence-electron chi connectivity index (χ4n) is 6.12. The van der Waals surface area contributed by atoms with Crippen molar-refractivity contribution < 1.29 is 37.4 Å². The monoisotopic (exact) mass is 662 g/mol. The number of aromatic nitrogens is 3. The standard InChI is InChI=1S/C31H27Cl2F3N4O5/c32-21-15-37-16-22(33)26(21)27-20(28(45-39-27)31(34,35)36)10-17-13-30(14-17)4-6-40(7-5-30)18-2-3-23-19(11-18)25(44-9-1-8-41)12-24(38-23)29(42)43/h2-3,10-12,15-16,41H,1,4-9,13-14H2,(H,42,43). The Bertz CT molecular complexity index is 1770. The highest BCUT2D eigenvalue weighted by atomic mass is 35.5. The van der Waals surface area contributed by atoms with Gasteiger partial charge < -0.3 is 24.4 Å². The van der Waals surface area contributed by atoms with Crippen LogP contribution < -0.4 is 9.64 Å². The molecule has 2 N–H and O–H groups in total. The summed E-state index contributed by atoms with van der Waals surface area (Å²) < 4.78 is 52.2. The number of halogens is 5. The fraction of sp³-hybridized carbons (Fsp3) is 0.355. The maximum atomic E-state index is 13.9. The second-order valence-corrected chi connectivity index (χ2v) is 12.1. The Morgan fingerprint density at radius 2 is 1.84 bits per heavy atom. The van der Waals surface area contributed by atoms with E-state index in [4.69, 9.17) is 37.6 Å². The summed E-state index contributed by atoms with van der Waals surface area (Å²) in [6.45, 7) is 1.64. The number of fused-ring (bicyclic) bond motifs is 1. The van der Waals surface area contributed by atoms with Crippen LogP contribution in [0.3, 0.4) is 0 Å². The molecule has 0 unspecified atom stereocenters. The molecule has 1 aliphatic carbocycles. The Balaban J connectivity index is 1.20. The summed E-state index contributed by atoms with van der Waals surface area (Å²) in [5, 5.41) is 23.1. The number of allylic oxidation sites excluding steroid dienone is 1. The zero-order chi connectivity index (χ0) is 31.9. The number of pyridine rings is 2. The van der Waals surface area contributed by atoms with Gasteiger partial charge in [-0.25, -0.2) is 9.78 Å². The van der Waals surface area contributed by atoms with Gasteiger partial charge in [-0.15, -0.1) is 0 Å². The Morgan fingerprint density at radius 3 is 2.49 bits per heavy atom. The van der Waals surface area contributed by atoms with Gasteiger partial charge in [0.1, 0.15) is 11.4 Å². The van der Waals surface area contributed by atoms with E-state index in [-0.39, 0.29) is 51.2 Å². The van der Waals surface area contributed by atoms with Gasteiger partial charge in [-0.05, 0) is 55.4 Å². The van der Waals surface area contributed by atoms with Crippen molar-refractivity contribution in [3.05, 3.63) is 69.3 Å². The number of ether oxygens (including phenoxy) is 1. The summed E-state index contributed by atoms with van der Waals surface area (Å²) in [6.07, 6.45) is 2.68. The van der Waals surface area contributed by atoms with Crippen LogP contribution in [-0.2, 0) is 6.18 Å². The van der Waals surface area contributed by atoms with Gasteiger partial charge in [0, 0.05) is 61.2 Å². The number of carboxylic acid groups (broad SMARTS) is 1. The number of carboxylic acids is 1. The number of piperidine rings is 1. The number of carbonyl (C=O) groups is 1. The van der Waals surface area contributed by atoms with Gasteiger partial charge in [0.2, 0.25) is 5.76 Å². The SMILES string of the molecule is O=C(O)c1cc(OCCCO)c2cc(N3CCC4(CC3)CC(=Cc3c(-c5c(Cl)cncc5Cl)noc3C(F)(F)F)C4)ccc2n1. The topological polar surface area (TPSA) is 122 Å². The number of aliphatic hydroxyl groups excluding tert-OH is 1. The van der Waals surface area contributed by atoms with E-state index in [2.05, 4.69) is 20.0 Å². The normalized spacial score (nSPS) is 16.2. The minimum Gasteiger partial charge on any atom is -0.493 e. The van der Waals surface area contributed by atoms with Crippen molar-refractivity contribution in [3.63, 3.8) is 0 Å².